The number of benzene rings is 2. The zero-order chi connectivity index (χ0) is 17.7. The Morgan fingerprint density at radius 1 is 1.21 bits per heavy atom. The summed E-state index contributed by atoms with van der Waals surface area (Å²) in [6.07, 6.45) is 0. The molecule has 0 aliphatic rings. The maximum atomic E-state index is 13.2. The fourth-order valence-electron chi connectivity index (χ4n) is 2.10. The molecule has 4 N–H and O–H groups in total. The summed E-state index contributed by atoms with van der Waals surface area (Å²) in [5, 5.41) is 10.6. The highest BCUT2D eigenvalue weighted by molar-refractivity contribution is 7.89. The summed E-state index contributed by atoms with van der Waals surface area (Å²) in [6.45, 7) is 1.79. The van der Waals surface area contributed by atoms with Crippen LogP contribution in [0, 0.1) is 5.82 Å². The van der Waals surface area contributed by atoms with Crippen LogP contribution in [0.2, 0.25) is 0 Å². The lowest BCUT2D eigenvalue weighted by Crippen LogP contribution is -2.30. The molecule has 2 rings (SSSR count). The summed E-state index contributed by atoms with van der Waals surface area (Å²) < 4.78 is 35.8. The van der Waals surface area contributed by atoms with E-state index in [-0.39, 0.29) is 29.2 Å². The molecule has 0 unspecified atom stereocenters. The van der Waals surface area contributed by atoms with Crippen molar-refractivity contribution in [2.24, 2.45) is 5.14 Å². The molecule has 0 heterocycles. The van der Waals surface area contributed by atoms with Crippen molar-refractivity contribution in [2.45, 2.75) is 17.9 Å². The van der Waals surface area contributed by atoms with E-state index in [0.29, 0.717) is 5.69 Å². The summed E-state index contributed by atoms with van der Waals surface area (Å²) in [5.74, 6) is -0.699. The minimum atomic E-state index is -3.83. The van der Waals surface area contributed by atoms with Gasteiger partial charge in [0.2, 0.25) is 15.9 Å². The van der Waals surface area contributed by atoms with E-state index in [0.717, 1.165) is 5.56 Å². The number of halogens is 1. The number of hydrogen-bond donors (Lipinski definition) is 3. The van der Waals surface area contributed by atoms with Gasteiger partial charge < -0.3 is 10.6 Å². The molecule has 8 heteroatoms. The molecule has 128 valence electrons. The normalized spacial score (nSPS) is 12.6. The number of nitrogens with two attached hydrogens (primary N) is 1. The molecule has 0 saturated heterocycles. The first kappa shape index (κ1) is 18.1. The lowest BCUT2D eigenvalue weighted by Gasteiger charge is -2.14. The van der Waals surface area contributed by atoms with Crippen molar-refractivity contribution in [1.82, 2.24) is 5.32 Å². The number of primary sulfonamides is 1. The van der Waals surface area contributed by atoms with E-state index in [9.17, 15) is 17.6 Å². The van der Waals surface area contributed by atoms with E-state index in [2.05, 4.69) is 10.6 Å². The first-order valence-corrected chi connectivity index (χ1v) is 8.72. The van der Waals surface area contributed by atoms with Crippen LogP contribution in [0.15, 0.2) is 53.4 Å². The van der Waals surface area contributed by atoms with Gasteiger partial charge in [-0.25, -0.2) is 17.9 Å². The fourth-order valence-corrected chi connectivity index (χ4v) is 2.66. The highest BCUT2D eigenvalue weighted by Gasteiger charge is 2.11. The quantitative estimate of drug-likeness (QED) is 0.738. The maximum Gasteiger partial charge on any atom is 0.238 e. The third-order valence-electron chi connectivity index (χ3n) is 3.36. The molecule has 2 aromatic rings. The van der Waals surface area contributed by atoms with Gasteiger partial charge in [0.05, 0.1) is 11.4 Å². The second kappa shape index (κ2) is 7.52. The number of carbonyl (C=O) groups is 1. The monoisotopic (exact) mass is 351 g/mol. The highest BCUT2D eigenvalue weighted by atomic mass is 32.2. The average Bonchev–Trinajstić information content (AvgIpc) is 2.52. The molecule has 0 aromatic heterocycles. The predicted molar refractivity (Wildman–Crippen MR) is 89.3 cm³/mol. The number of hydrogen-bond acceptors (Lipinski definition) is 4. The summed E-state index contributed by atoms with van der Waals surface area (Å²) >= 11 is 0. The number of amides is 1. The third kappa shape index (κ3) is 5.12. The van der Waals surface area contributed by atoms with Crippen LogP contribution in [0.5, 0.6) is 0 Å². The lowest BCUT2D eigenvalue weighted by molar-refractivity contribution is -0.115. The van der Waals surface area contributed by atoms with Gasteiger partial charge in [0.15, 0.2) is 0 Å². The molecule has 2 aromatic carbocycles. The Bertz CT molecular complexity index is 840. The van der Waals surface area contributed by atoms with Gasteiger partial charge in [0, 0.05) is 11.7 Å². The molecule has 0 saturated carbocycles. The number of anilines is 1. The first-order chi connectivity index (χ1) is 11.3. The van der Waals surface area contributed by atoms with Gasteiger partial charge in [-0.05, 0) is 42.8 Å². The van der Waals surface area contributed by atoms with Crippen molar-refractivity contribution in [2.75, 3.05) is 11.9 Å². The van der Waals surface area contributed by atoms with Crippen LogP contribution >= 0.6 is 0 Å². The van der Waals surface area contributed by atoms with Crippen LogP contribution in [0.3, 0.4) is 0 Å². The average molecular weight is 351 g/mol. The Balaban J connectivity index is 1.94. The van der Waals surface area contributed by atoms with Crippen LogP contribution in [-0.2, 0) is 14.8 Å². The van der Waals surface area contributed by atoms with E-state index in [1.807, 2.05) is 6.92 Å². The number of nitrogens with one attached hydrogen (secondary N) is 2. The third-order valence-corrected chi connectivity index (χ3v) is 4.27. The number of carbonyl (C=O) groups excluding carboxylic acids is 1. The molecule has 0 radical (unpaired) electrons. The van der Waals surface area contributed by atoms with Crippen LogP contribution in [-0.4, -0.2) is 20.9 Å². The van der Waals surface area contributed by atoms with Gasteiger partial charge in [-0.3, -0.25) is 4.79 Å². The van der Waals surface area contributed by atoms with Crippen LogP contribution < -0.4 is 15.8 Å². The van der Waals surface area contributed by atoms with Gasteiger partial charge in [-0.15, -0.1) is 0 Å². The molecule has 0 aliphatic heterocycles. The van der Waals surface area contributed by atoms with E-state index < -0.39 is 10.0 Å². The van der Waals surface area contributed by atoms with Crippen molar-refractivity contribution in [3.63, 3.8) is 0 Å². The predicted octanol–water partition coefficient (Wildman–Crippen LogP) is 1.76. The molecule has 0 spiro atoms. The minimum Gasteiger partial charge on any atom is -0.325 e. The summed E-state index contributed by atoms with van der Waals surface area (Å²) in [6, 6.07) is 11.5. The van der Waals surface area contributed by atoms with Crippen LogP contribution in [0.4, 0.5) is 10.1 Å². The molecular formula is C16H18FN3O3S. The number of sulfonamides is 1. The largest absolute Gasteiger partial charge is 0.325 e. The second-order valence-corrected chi connectivity index (χ2v) is 6.84. The molecule has 6 nitrogen and oxygen atoms in total. The van der Waals surface area contributed by atoms with Gasteiger partial charge in [-0.1, -0.05) is 18.2 Å². The zero-order valence-electron chi connectivity index (χ0n) is 13.0. The van der Waals surface area contributed by atoms with Crippen molar-refractivity contribution in [3.8, 4) is 0 Å². The van der Waals surface area contributed by atoms with Gasteiger partial charge in [0.25, 0.3) is 0 Å². The second-order valence-electron chi connectivity index (χ2n) is 5.28. The maximum absolute atomic E-state index is 13.2. The fraction of sp³-hybridized carbons (Fsp3) is 0.188. The van der Waals surface area contributed by atoms with Crippen molar-refractivity contribution in [3.05, 3.63) is 59.9 Å². The van der Waals surface area contributed by atoms with Crippen molar-refractivity contribution < 1.29 is 17.6 Å². The van der Waals surface area contributed by atoms with Gasteiger partial charge in [0.1, 0.15) is 5.82 Å². The molecule has 24 heavy (non-hydrogen) atoms. The van der Waals surface area contributed by atoms with E-state index >= 15 is 0 Å². The zero-order valence-corrected chi connectivity index (χ0v) is 13.8. The van der Waals surface area contributed by atoms with E-state index in [1.54, 1.807) is 18.2 Å². The summed E-state index contributed by atoms with van der Waals surface area (Å²) in [5.41, 5.74) is 1.05. The van der Waals surface area contributed by atoms with E-state index in [4.69, 9.17) is 5.14 Å². The molecule has 1 atom stereocenters. The van der Waals surface area contributed by atoms with Crippen molar-refractivity contribution in [1.29, 1.82) is 0 Å². The SMILES string of the molecule is C[C@H](NCC(=O)Nc1cccc(S(N)(=O)=O)c1)c1cccc(F)c1. The van der Waals surface area contributed by atoms with Gasteiger partial charge >= 0.3 is 0 Å². The van der Waals surface area contributed by atoms with E-state index in [1.165, 1.54) is 30.3 Å². The van der Waals surface area contributed by atoms with Crippen molar-refractivity contribution >= 4 is 21.6 Å². The minimum absolute atomic E-state index is 0.0166. The summed E-state index contributed by atoms with van der Waals surface area (Å²) in [4.78, 5) is 11.9. The topological polar surface area (TPSA) is 101 Å². The molecule has 0 bridgehead atoms. The Labute approximate surface area is 139 Å². The smallest absolute Gasteiger partial charge is 0.238 e. The standard InChI is InChI=1S/C16H18FN3O3S/c1-11(12-4-2-5-13(17)8-12)19-10-16(21)20-14-6-3-7-15(9-14)24(18,22)23/h2-9,11,19H,10H2,1H3,(H,20,21)(H2,18,22,23)/t11-/m0/s1. The van der Waals surface area contributed by atoms with Crippen LogP contribution in [0.1, 0.15) is 18.5 Å². The Morgan fingerprint density at radius 2 is 1.92 bits per heavy atom. The molecule has 0 fully saturated rings. The lowest BCUT2D eigenvalue weighted by atomic mass is 10.1. The number of rotatable bonds is 6. The Morgan fingerprint density at radius 3 is 2.58 bits per heavy atom. The van der Waals surface area contributed by atoms with Crippen LogP contribution in [0.25, 0.3) is 0 Å². The Hall–Kier alpha value is -2.29. The Kier molecular flexibility index (Phi) is 5.66. The molecule has 0 aliphatic carbocycles. The molecule has 1 amide bonds. The molecular weight excluding hydrogens is 333 g/mol. The van der Waals surface area contributed by atoms with Gasteiger partial charge in [-0.2, -0.15) is 0 Å². The summed E-state index contributed by atoms with van der Waals surface area (Å²) in [7, 11) is -3.83. The first-order valence-electron chi connectivity index (χ1n) is 7.17. The highest BCUT2D eigenvalue weighted by Crippen LogP contribution is 2.15.